The number of halogens is 4. The Morgan fingerprint density at radius 3 is 2.48 bits per heavy atom. The molecule has 9 heteroatoms. The number of carbonyl (C=O) groups excluding carboxylic acids is 1. The molecule has 0 saturated heterocycles. The van der Waals surface area contributed by atoms with Crippen LogP contribution < -0.4 is 16.4 Å². The summed E-state index contributed by atoms with van der Waals surface area (Å²) < 4.78 is 40.6. The summed E-state index contributed by atoms with van der Waals surface area (Å²) in [4.78, 5) is 16.1. The zero-order valence-corrected chi connectivity index (χ0v) is 14.8. The highest BCUT2D eigenvalue weighted by Gasteiger charge is 2.45. The molecule has 0 aliphatic heterocycles. The molecule has 0 spiro atoms. The second-order valence-corrected chi connectivity index (χ2v) is 7.27. The summed E-state index contributed by atoms with van der Waals surface area (Å²) in [7, 11) is 0. The number of hydrogen-bond donors (Lipinski definition) is 3. The third-order valence-corrected chi connectivity index (χ3v) is 4.19. The smallest absolute Gasteiger partial charge is 0.337 e. The third-order valence-electron chi connectivity index (χ3n) is 3.96. The number of amides is 1. The number of nitrogens with two attached hydrogens (primary N) is 1. The van der Waals surface area contributed by atoms with Gasteiger partial charge in [-0.25, -0.2) is 4.98 Å². The van der Waals surface area contributed by atoms with E-state index in [1.807, 2.05) is 13.8 Å². The van der Waals surface area contributed by atoms with Crippen molar-refractivity contribution in [2.75, 3.05) is 0 Å². The fourth-order valence-corrected chi connectivity index (χ4v) is 2.57. The summed E-state index contributed by atoms with van der Waals surface area (Å²) in [5.74, 6) is -0.502. The largest absolute Gasteiger partial charge is 0.407 e. The van der Waals surface area contributed by atoms with Crippen LogP contribution >= 0.6 is 11.6 Å². The Morgan fingerprint density at radius 2 is 2.04 bits per heavy atom. The fourth-order valence-electron chi connectivity index (χ4n) is 2.45. The molecule has 140 valence electrons. The summed E-state index contributed by atoms with van der Waals surface area (Å²) >= 11 is 5.64. The number of alkyl halides is 3. The van der Waals surface area contributed by atoms with Crippen LogP contribution in [0.5, 0.6) is 0 Å². The molecule has 2 rings (SSSR count). The molecule has 1 aliphatic carbocycles. The van der Waals surface area contributed by atoms with Gasteiger partial charge in [-0.05, 0) is 36.8 Å². The molecule has 1 saturated carbocycles. The molecule has 2 atom stereocenters. The number of pyridine rings is 1. The molecule has 4 N–H and O–H groups in total. The fraction of sp³-hybridized carbons (Fsp3) is 0.625. The van der Waals surface area contributed by atoms with Gasteiger partial charge in [0, 0.05) is 6.20 Å². The Hall–Kier alpha value is -1.38. The van der Waals surface area contributed by atoms with Gasteiger partial charge in [0.2, 0.25) is 5.91 Å². The molecular formula is C16H22ClF3N4O. The Morgan fingerprint density at radius 1 is 1.40 bits per heavy atom. The molecule has 1 fully saturated rings. The minimum absolute atomic E-state index is 0.0217. The van der Waals surface area contributed by atoms with E-state index >= 15 is 0 Å². The van der Waals surface area contributed by atoms with Crippen molar-refractivity contribution in [2.45, 2.75) is 57.0 Å². The number of carbonyl (C=O) groups is 1. The van der Waals surface area contributed by atoms with Crippen LogP contribution in [-0.4, -0.2) is 28.8 Å². The summed E-state index contributed by atoms with van der Waals surface area (Å²) in [5, 5.41) is 5.16. The normalized spacial score (nSPS) is 18.7. The van der Waals surface area contributed by atoms with Crippen molar-refractivity contribution in [3.05, 3.63) is 29.0 Å². The zero-order chi connectivity index (χ0) is 18.8. The van der Waals surface area contributed by atoms with Crippen molar-refractivity contribution in [2.24, 2.45) is 11.7 Å². The van der Waals surface area contributed by atoms with Crippen molar-refractivity contribution in [3.8, 4) is 0 Å². The van der Waals surface area contributed by atoms with Gasteiger partial charge in [0.05, 0.1) is 11.7 Å². The lowest BCUT2D eigenvalue weighted by molar-refractivity contribution is -0.161. The van der Waals surface area contributed by atoms with Crippen LogP contribution in [0.25, 0.3) is 0 Å². The number of hydrogen-bond acceptors (Lipinski definition) is 4. The maximum atomic E-state index is 13.5. The number of aromatic nitrogens is 1. The Labute approximate surface area is 149 Å². The van der Waals surface area contributed by atoms with Gasteiger partial charge in [-0.1, -0.05) is 31.5 Å². The van der Waals surface area contributed by atoms with E-state index in [1.54, 1.807) is 0 Å². The van der Waals surface area contributed by atoms with Crippen molar-refractivity contribution >= 4 is 17.5 Å². The van der Waals surface area contributed by atoms with Crippen molar-refractivity contribution < 1.29 is 18.0 Å². The molecule has 1 amide bonds. The van der Waals surface area contributed by atoms with E-state index in [0.717, 1.165) is 6.20 Å². The molecule has 25 heavy (non-hydrogen) atoms. The zero-order valence-electron chi connectivity index (χ0n) is 14.0. The van der Waals surface area contributed by atoms with Crippen molar-refractivity contribution in [1.29, 1.82) is 0 Å². The molecule has 1 aromatic rings. The average molecular weight is 379 g/mol. The molecule has 5 nitrogen and oxygen atoms in total. The van der Waals surface area contributed by atoms with Crippen LogP contribution in [0.1, 0.15) is 44.7 Å². The summed E-state index contributed by atoms with van der Waals surface area (Å²) in [6.45, 7) is 3.67. The first-order chi connectivity index (χ1) is 11.5. The SMILES string of the molecule is CC(C)C[C@H](N[C@@H](c1ccc(Cl)nc1)C(F)(F)F)C(=O)NC1(N)CC1. The quantitative estimate of drug-likeness (QED) is 0.503. The van der Waals surface area contributed by atoms with Gasteiger partial charge in [-0.3, -0.25) is 10.1 Å². The first-order valence-electron chi connectivity index (χ1n) is 8.05. The molecule has 1 aliphatic rings. The Balaban J connectivity index is 2.21. The minimum atomic E-state index is -4.59. The molecule has 1 heterocycles. The highest BCUT2D eigenvalue weighted by molar-refractivity contribution is 6.29. The summed E-state index contributed by atoms with van der Waals surface area (Å²) in [5.41, 5.74) is 4.96. The standard InChI is InChI=1S/C16H22ClF3N4O/c1-9(2)7-11(14(25)24-15(21)5-6-15)23-13(16(18,19)20)10-3-4-12(17)22-8-10/h3-4,8-9,11,13,23H,5-7,21H2,1-2H3,(H,24,25)/t11-,13-/m0/s1. The van der Waals surface area contributed by atoms with Crippen molar-refractivity contribution in [3.63, 3.8) is 0 Å². The monoisotopic (exact) mass is 378 g/mol. The van der Waals surface area contributed by atoms with Gasteiger partial charge in [0.1, 0.15) is 11.2 Å². The minimum Gasteiger partial charge on any atom is -0.337 e. The lowest BCUT2D eigenvalue weighted by atomic mass is 10.00. The molecule has 0 aromatic carbocycles. The Kier molecular flexibility index (Phi) is 5.96. The second-order valence-electron chi connectivity index (χ2n) is 6.88. The third kappa shape index (κ3) is 5.83. The number of nitrogens with one attached hydrogen (secondary N) is 2. The van der Waals surface area contributed by atoms with Crippen LogP contribution in [0.2, 0.25) is 5.15 Å². The topological polar surface area (TPSA) is 80.0 Å². The molecule has 0 unspecified atom stereocenters. The maximum Gasteiger partial charge on any atom is 0.407 e. The van der Waals surface area contributed by atoms with E-state index < -0.39 is 29.8 Å². The van der Waals surface area contributed by atoms with Crippen molar-refractivity contribution in [1.82, 2.24) is 15.6 Å². The van der Waals surface area contributed by atoms with E-state index in [2.05, 4.69) is 15.6 Å². The lowest BCUT2D eigenvalue weighted by Gasteiger charge is -2.29. The van der Waals surface area contributed by atoms with Gasteiger partial charge in [0.15, 0.2) is 0 Å². The molecule has 0 radical (unpaired) electrons. The van der Waals surface area contributed by atoms with Gasteiger partial charge < -0.3 is 11.1 Å². The van der Waals surface area contributed by atoms with Gasteiger partial charge in [0.25, 0.3) is 0 Å². The summed E-state index contributed by atoms with van der Waals surface area (Å²) in [6, 6.07) is -0.521. The lowest BCUT2D eigenvalue weighted by Crippen LogP contribution is -2.54. The van der Waals surface area contributed by atoms with E-state index in [1.165, 1.54) is 12.1 Å². The van der Waals surface area contributed by atoms with E-state index in [4.69, 9.17) is 17.3 Å². The van der Waals surface area contributed by atoms with E-state index in [0.29, 0.717) is 12.8 Å². The first kappa shape index (κ1) is 19.9. The highest BCUT2D eigenvalue weighted by Crippen LogP contribution is 2.34. The Bertz CT molecular complexity index is 602. The van der Waals surface area contributed by atoms with Crippen LogP contribution in [0.15, 0.2) is 18.3 Å². The highest BCUT2D eigenvalue weighted by atomic mass is 35.5. The molecule has 0 bridgehead atoms. The number of nitrogens with zero attached hydrogens (tertiary/aromatic N) is 1. The van der Waals surface area contributed by atoms with Gasteiger partial charge >= 0.3 is 6.18 Å². The molecule has 1 aromatic heterocycles. The van der Waals surface area contributed by atoms with Crippen LogP contribution in [0.4, 0.5) is 13.2 Å². The second kappa shape index (κ2) is 7.47. The van der Waals surface area contributed by atoms with Crippen LogP contribution in [-0.2, 0) is 4.79 Å². The van der Waals surface area contributed by atoms with E-state index in [-0.39, 0.29) is 23.1 Å². The molecular weight excluding hydrogens is 357 g/mol. The van der Waals surface area contributed by atoms with E-state index in [9.17, 15) is 18.0 Å². The average Bonchev–Trinajstić information content (AvgIpc) is 3.20. The van der Waals surface area contributed by atoms with Crippen LogP contribution in [0, 0.1) is 5.92 Å². The first-order valence-corrected chi connectivity index (χ1v) is 8.43. The summed E-state index contributed by atoms with van der Waals surface area (Å²) in [6.07, 6.45) is -2.04. The predicted octanol–water partition coefficient (Wildman–Crippen LogP) is 2.91. The number of rotatable bonds is 7. The predicted molar refractivity (Wildman–Crippen MR) is 88.7 cm³/mol. The maximum absolute atomic E-state index is 13.5. The van der Waals surface area contributed by atoms with Crippen LogP contribution in [0.3, 0.4) is 0 Å². The van der Waals surface area contributed by atoms with Gasteiger partial charge in [-0.15, -0.1) is 0 Å². The van der Waals surface area contributed by atoms with Gasteiger partial charge in [-0.2, -0.15) is 13.2 Å².